The second kappa shape index (κ2) is 5.16. The van der Waals surface area contributed by atoms with Crippen LogP contribution in [0, 0.1) is 0 Å². The van der Waals surface area contributed by atoms with Crippen LogP contribution in [0.15, 0.2) is 36.7 Å². The molecule has 0 fully saturated rings. The lowest BCUT2D eigenvalue weighted by Gasteiger charge is -2.10. The zero-order chi connectivity index (χ0) is 14.8. The number of anilines is 2. The Balaban J connectivity index is 2.25. The van der Waals surface area contributed by atoms with E-state index >= 15 is 0 Å². The zero-order valence-corrected chi connectivity index (χ0v) is 9.98. The Morgan fingerprint density at radius 1 is 1.10 bits per heavy atom. The van der Waals surface area contributed by atoms with Gasteiger partial charge in [0.2, 0.25) is 0 Å². The molecular formula is C12H9F3N4O. The number of benzene rings is 1. The van der Waals surface area contributed by atoms with Crippen molar-refractivity contribution in [3.8, 4) is 0 Å². The smallest absolute Gasteiger partial charge is 0.364 e. The molecule has 1 aromatic heterocycles. The normalized spacial score (nSPS) is 11.2. The van der Waals surface area contributed by atoms with Crippen molar-refractivity contribution in [2.75, 3.05) is 5.32 Å². The second-order valence-corrected chi connectivity index (χ2v) is 3.82. The third-order valence-corrected chi connectivity index (χ3v) is 2.41. The first kappa shape index (κ1) is 13.8. The van der Waals surface area contributed by atoms with Gasteiger partial charge in [0.15, 0.2) is 11.5 Å². The zero-order valence-electron chi connectivity index (χ0n) is 9.98. The number of primary amides is 1. The Bertz CT molecular complexity index is 625. The lowest BCUT2D eigenvalue weighted by molar-refractivity contribution is -0.137. The van der Waals surface area contributed by atoms with Crippen molar-refractivity contribution in [2.45, 2.75) is 6.18 Å². The average Bonchev–Trinajstić information content (AvgIpc) is 2.38. The van der Waals surface area contributed by atoms with E-state index in [1.54, 1.807) is 0 Å². The predicted octanol–water partition coefficient (Wildman–Crippen LogP) is 2.34. The van der Waals surface area contributed by atoms with E-state index in [0.29, 0.717) is 5.69 Å². The first-order valence-electron chi connectivity index (χ1n) is 5.43. The number of hydrogen-bond donors (Lipinski definition) is 2. The first-order chi connectivity index (χ1) is 9.38. The van der Waals surface area contributed by atoms with Gasteiger partial charge in [-0.3, -0.25) is 4.79 Å². The Labute approximate surface area is 111 Å². The molecule has 0 bridgehead atoms. The molecule has 1 aromatic carbocycles. The van der Waals surface area contributed by atoms with Gasteiger partial charge in [-0.2, -0.15) is 13.2 Å². The van der Waals surface area contributed by atoms with E-state index in [0.717, 1.165) is 12.1 Å². The molecule has 0 aliphatic carbocycles. The van der Waals surface area contributed by atoms with E-state index in [2.05, 4.69) is 15.3 Å². The molecule has 104 valence electrons. The summed E-state index contributed by atoms with van der Waals surface area (Å²) in [6.45, 7) is 0. The van der Waals surface area contributed by atoms with E-state index in [4.69, 9.17) is 5.73 Å². The van der Waals surface area contributed by atoms with Gasteiger partial charge in [0.25, 0.3) is 5.91 Å². The van der Waals surface area contributed by atoms with Gasteiger partial charge < -0.3 is 11.1 Å². The van der Waals surface area contributed by atoms with Gasteiger partial charge in [0, 0.05) is 18.1 Å². The molecule has 0 atom stereocenters. The van der Waals surface area contributed by atoms with Crippen LogP contribution in [0.5, 0.6) is 0 Å². The lowest BCUT2D eigenvalue weighted by Crippen LogP contribution is -2.16. The van der Waals surface area contributed by atoms with Crippen LogP contribution in [0.3, 0.4) is 0 Å². The average molecular weight is 282 g/mol. The molecule has 0 saturated carbocycles. The number of aromatic nitrogens is 2. The van der Waals surface area contributed by atoms with Crippen molar-refractivity contribution < 1.29 is 18.0 Å². The highest BCUT2D eigenvalue weighted by atomic mass is 19.4. The number of nitrogens with two attached hydrogens (primary N) is 1. The molecule has 0 aliphatic rings. The quantitative estimate of drug-likeness (QED) is 0.905. The first-order valence-corrected chi connectivity index (χ1v) is 5.43. The fourth-order valence-electron chi connectivity index (χ4n) is 1.49. The van der Waals surface area contributed by atoms with Crippen LogP contribution in [0.1, 0.15) is 16.1 Å². The van der Waals surface area contributed by atoms with Crippen LogP contribution in [-0.4, -0.2) is 15.9 Å². The molecule has 0 spiro atoms. The van der Waals surface area contributed by atoms with E-state index < -0.39 is 17.6 Å². The third-order valence-electron chi connectivity index (χ3n) is 2.41. The van der Waals surface area contributed by atoms with Crippen LogP contribution in [-0.2, 0) is 6.18 Å². The van der Waals surface area contributed by atoms with Crippen molar-refractivity contribution >= 4 is 17.4 Å². The summed E-state index contributed by atoms with van der Waals surface area (Å²) in [6.07, 6.45) is -1.78. The van der Waals surface area contributed by atoms with E-state index in [9.17, 15) is 18.0 Å². The summed E-state index contributed by atoms with van der Waals surface area (Å²) in [5.41, 5.74) is 4.60. The number of rotatable bonds is 3. The lowest BCUT2D eigenvalue weighted by atomic mass is 10.2. The summed E-state index contributed by atoms with van der Waals surface area (Å²) >= 11 is 0. The molecule has 0 saturated heterocycles. The number of amides is 1. The SMILES string of the molecule is NC(=O)c1nccnc1Nc1ccc(C(F)(F)F)cc1. The maximum Gasteiger partial charge on any atom is 0.416 e. The van der Waals surface area contributed by atoms with Gasteiger partial charge in [-0.1, -0.05) is 0 Å². The van der Waals surface area contributed by atoms with Crippen LogP contribution >= 0.6 is 0 Å². The monoisotopic (exact) mass is 282 g/mol. The number of nitrogens with zero attached hydrogens (tertiary/aromatic N) is 2. The number of nitrogens with one attached hydrogen (secondary N) is 1. The summed E-state index contributed by atoms with van der Waals surface area (Å²) in [4.78, 5) is 18.7. The molecular weight excluding hydrogens is 273 g/mol. The number of carbonyl (C=O) groups excluding carboxylic acids is 1. The molecule has 20 heavy (non-hydrogen) atoms. The Kier molecular flexibility index (Phi) is 3.55. The molecule has 0 unspecified atom stereocenters. The van der Waals surface area contributed by atoms with Crippen molar-refractivity contribution in [3.05, 3.63) is 47.9 Å². The van der Waals surface area contributed by atoms with Crippen LogP contribution < -0.4 is 11.1 Å². The van der Waals surface area contributed by atoms with Crippen molar-refractivity contribution in [1.29, 1.82) is 0 Å². The molecule has 3 N–H and O–H groups in total. The fourth-order valence-corrected chi connectivity index (χ4v) is 1.49. The van der Waals surface area contributed by atoms with Crippen LogP contribution in [0.2, 0.25) is 0 Å². The predicted molar refractivity (Wildman–Crippen MR) is 65.3 cm³/mol. The minimum atomic E-state index is -4.40. The number of alkyl halides is 3. The van der Waals surface area contributed by atoms with Gasteiger partial charge in [-0.25, -0.2) is 9.97 Å². The van der Waals surface area contributed by atoms with Gasteiger partial charge >= 0.3 is 6.18 Å². The largest absolute Gasteiger partial charge is 0.416 e. The van der Waals surface area contributed by atoms with Crippen molar-refractivity contribution in [2.24, 2.45) is 5.73 Å². The topological polar surface area (TPSA) is 80.9 Å². The maximum absolute atomic E-state index is 12.4. The minimum absolute atomic E-state index is 0.0831. The van der Waals surface area contributed by atoms with Gasteiger partial charge in [-0.15, -0.1) is 0 Å². The third kappa shape index (κ3) is 3.02. The molecule has 8 heteroatoms. The summed E-state index contributed by atoms with van der Waals surface area (Å²) < 4.78 is 37.2. The number of hydrogen-bond acceptors (Lipinski definition) is 4. The van der Waals surface area contributed by atoms with Gasteiger partial charge in [0.1, 0.15) is 0 Å². The Hall–Kier alpha value is -2.64. The molecule has 2 aromatic rings. The molecule has 1 heterocycles. The van der Waals surface area contributed by atoms with Crippen LogP contribution in [0.25, 0.3) is 0 Å². The van der Waals surface area contributed by atoms with Crippen molar-refractivity contribution in [3.63, 3.8) is 0 Å². The summed E-state index contributed by atoms with van der Waals surface area (Å²) in [5.74, 6) is -0.702. The van der Waals surface area contributed by atoms with Gasteiger partial charge in [0.05, 0.1) is 5.56 Å². The van der Waals surface area contributed by atoms with E-state index in [-0.39, 0.29) is 11.5 Å². The van der Waals surface area contributed by atoms with Crippen molar-refractivity contribution in [1.82, 2.24) is 9.97 Å². The molecule has 5 nitrogen and oxygen atoms in total. The second-order valence-electron chi connectivity index (χ2n) is 3.82. The fraction of sp³-hybridized carbons (Fsp3) is 0.0833. The molecule has 0 radical (unpaired) electrons. The maximum atomic E-state index is 12.4. The van der Waals surface area contributed by atoms with E-state index in [1.807, 2.05) is 0 Å². The molecule has 0 aliphatic heterocycles. The molecule has 1 amide bonds. The highest BCUT2D eigenvalue weighted by Crippen LogP contribution is 2.30. The summed E-state index contributed by atoms with van der Waals surface area (Å²) in [7, 11) is 0. The highest BCUT2D eigenvalue weighted by Gasteiger charge is 2.29. The minimum Gasteiger partial charge on any atom is -0.364 e. The summed E-state index contributed by atoms with van der Waals surface area (Å²) in [6, 6.07) is 4.29. The Morgan fingerprint density at radius 2 is 1.70 bits per heavy atom. The Morgan fingerprint density at radius 3 is 2.25 bits per heavy atom. The van der Waals surface area contributed by atoms with Crippen LogP contribution in [0.4, 0.5) is 24.7 Å². The van der Waals surface area contributed by atoms with E-state index in [1.165, 1.54) is 24.5 Å². The number of carbonyl (C=O) groups is 1. The van der Waals surface area contributed by atoms with Gasteiger partial charge in [-0.05, 0) is 24.3 Å². The highest BCUT2D eigenvalue weighted by molar-refractivity contribution is 5.96. The number of halogens is 3. The standard InChI is InChI=1S/C12H9F3N4O/c13-12(14,15)7-1-3-8(4-2-7)19-11-9(10(16)20)17-5-6-18-11/h1-6H,(H2,16,20)(H,18,19). The molecule has 2 rings (SSSR count). The summed E-state index contributed by atoms with van der Waals surface area (Å²) in [5, 5.41) is 2.69.